The summed E-state index contributed by atoms with van der Waals surface area (Å²) in [6, 6.07) is 30.6. The van der Waals surface area contributed by atoms with Gasteiger partial charge in [-0.25, -0.2) is 0 Å². The van der Waals surface area contributed by atoms with Gasteiger partial charge < -0.3 is 24.8 Å². The molecule has 40 heavy (non-hydrogen) atoms. The molecule has 1 saturated heterocycles. The van der Waals surface area contributed by atoms with Crippen LogP contribution in [0.4, 0.5) is 5.69 Å². The Bertz CT molecular complexity index is 1350. The number of carbonyl (C=O) groups excluding carboxylic acids is 1. The van der Waals surface area contributed by atoms with Crippen molar-refractivity contribution in [1.82, 2.24) is 9.88 Å². The average Bonchev–Trinajstić information content (AvgIpc) is 3.01. The predicted octanol–water partition coefficient (Wildman–Crippen LogP) is 5.55. The van der Waals surface area contributed by atoms with Gasteiger partial charge >= 0.3 is 0 Å². The second kappa shape index (κ2) is 13.5. The maximum absolute atomic E-state index is 12.6. The normalized spacial score (nSPS) is 18.9. The Hall–Kier alpha value is -3.88. The molecule has 3 atom stereocenters. The topological polar surface area (TPSA) is 83.9 Å². The van der Waals surface area contributed by atoms with Gasteiger partial charge in [-0.15, -0.1) is 0 Å². The molecule has 4 aromatic rings. The monoisotopic (exact) mass is 537 g/mol. The minimum Gasteiger partial charge on any atom is -0.392 e. The van der Waals surface area contributed by atoms with Gasteiger partial charge in [0, 0.05) is 54.6 Å². The molecule has 1 amide bonds. The van der Waals surface area contributed by atoms with Gasteiger partial charge in [0.15, 0.2) is 6.29 Å². The zero-order valence-electron chi connectivity index (χ0n) is 22.6. The number of hydrogen-bond donors (Lipinski definition) is 2. The van der Waals surface area contributed by atoms with Crippen LogP contribution in [0.15, 0.2) is 103 Å². The lowest BCUT2D eigenvalue weighted by atomic mass is 9.99. The Balaban J connectivity index is 1.28. The third kappa shape index (κ3) is 7.40. The van der Waals surface area contributed by atoms with Crippen LogP contribution in [0.3, 0.4) is 0 Å². The van der Waals surface area contributed by atoms with Gasteiger partial charge in [-0.2, -0.15) is 0 Å². The number of pyridine rings is 1. The number of aromatic nitrogens is 1. The van der Waals surface area contributed by atoms with Gasteiger partial charge in [0.2, 0.25) is 0 Å². The quantitative estimate of drug-likeness (QED) is 0.276. The maximum atomic E-state index is 12.6. The Morgan fingerprint density at radius 1 is 0.925 bits per heavy atom. The summed E-state index contributed by atoms with van der Waals surface area (Å²) in [6.07, 6.45) is 2.65. The summed E-state index contributed by atoms with van der Waals surface area (Å²) in [6.45, 7) is 1.63. The lowest BCUT2D eigenvalue weighted by Crippen LogP contribution is -2.38. The third-order valence-corrected chi connectivity index (χ3v) is 7.08. The number of rotatable bonds is 10. The van der Waals surface area contributed by atoms with Crippen LogP contribution < -0.4 is 5.32 Å². The summed E-state index contributed by atoms with van der Waals surface area (Å²) in [5, 5.41) is 12.4. The van der Waals surface area contributed by atoms with Crippen molar-refractivity contribution in [1.29, 1.82) is 0 Å². The molecule has 1 aliphatic heterocycles. The first-order valence-electron chi connectivity index (χ1n) is 13.6. The molecule has 2 heterocycles. The second-order valence-electron chi connectivity index (χ2n) is 10.1. The standard InChI is InChI=1S/C33H35N3O4/c1-36(20-18-28-9-5-6-19-34-28)22-30-21-31(25-12-10-24(23-37)11-13-25)40-33(39-30)27-14-16-29(17-15-27)35-32(38)26-7-3-2-4-8-26/h2-17,19,30-31,33,37H,18,20-23H2,1H3,(H,35,38)/t30-,31+,33+/m0/s1. The first-order valence-corrected chi connectivity index (χ1v) is 13.6. The zero-order valence-corrected chi connectivity index (χ0v) is 22.6. The van der Waals surface area contributed by atoms with E-state index in [0.29, 0.717) is 17.7 Å². The highest BCUT2D eigenvalue weighted by Gasteiger charge is 2.32. The van der Waals surface area contributed by atoms with Crippen LogP contribution in [-0.2, 0) is 22.5 Å². The fourth-order valence-corrected chi connectivity index (χ4v) is 4.84. The molecule has 0 aliphatic carbocycles. The summed E-state index contributed by atoms with van der Waals surface area (Å²) < 4.78 is 12.9. The highest BCUT2D eigenvalue weighted by Crippen LogP contribution is 2.38. The number of nitrogens with one attached hydrogen (secondary N) is 1. The molecule has 7 nitrogen and oxygen atoms in total. The van der Waals surface area contributed by atoms with E-state index in [-0.39, 0.29) is 24.7 Å². The van der Waals surface area contributed by atoms with Crippen LogP contribution in [-0.4, -0.2) is 47.1 Å². The number of hydrogen-bond acceptors (Lipinski definition) is 6. The number of benzene rings is 3. The van der Waals surface area contributed by atoms with E-state index in [1.807, 2.05) is 91.1 Å². The van der Waals surface area contributed by atoms with Crippen LogP contribution in [0.1, 0.15) is 51.6 Å². The number of amides is 1. The summed E-state index contributed by atoms with van der Waals surface area (Å²) >= 11 is 0. The molecule has 1 aliphatic rings. The van der Waals surface area contributed by atoms with Crippen molar-refractivity contribution in [2.24, 2.45) is 0 Å². The van der Waals surface area contributed by atoms with E-state index in [2.05, 4.69) is 22.2 Å². The Kier molecular flexibility index (Phi) is 9.31. The minimum atomic E-state index is -0.552. The molecule has 5 rings (SSSR count). The van der Waals surface area contributed by atoms with Gasteiger partial charge in [0.05, 0.1) is 18.8 Å². The number of likely N-dealkylation sites (N-methyl/N-ethyl adjacent to an activating group) is 1. The van der Waals surface area contributed by atoms with E-state index in [1.165, 1.54) is 0 Å². The molecule has 0 saturated carbocycles. The molecule has 3 aromatic carbocycles. The Morgan fingerprint density at radius 2 is 1.65 bits per heavy atom. The van der Waals surface area contributed by atoms with E-state index in [0.717, 1.165) is 41.9 Å². The van der Waals surface area contributed by atoms with E-state index < -0.39 is 6.29 Å². The average molecular weight is 538 g/mol. The zero-order chi connectivity index (χ0) is 27.7. The molecule has 206 valence electrons. The van der Waals surface area contributed by atoms with E-state index in [9.17, 15) is 9.90 Å². The molecule has 2 N–H and O–H groups in total. The number of anilines is 1. The smallest absolute Gasteiger partial charge is 0.255 e. The molecule has 0 unspecified atom stereocenters. The van der Waals surface area contributed by atoms with Gasteiger partial charge in [-0.05, 0) is 54.6 Å². The van der Waals surface area contributed by atoms with Crippen LogP contribution in [0.5, 0.6) is 0 Å². The third-order valence-electron chi connectivity index (χ3n) is 7.08. The number of aliphatic hydroxyl groups is 1. The van der Waals surface area contributed by atoms with Crippen LogP contribution in [0.2, 0.25) is 0 Å². The molecule has 0 radical (unpaired) electrons. The predicted molar refractivity (Wildman–Crippen MR) is 155 cm³/mol. The lowest BCUT2D eigenvalue weighted by Gasteiger charge is -2.38. The number of aliphatic hydroxyl groups excluding tert-OH is 1. The molecular formula is C33H35N3O4. The van der Waals surface area contributed by atoms with Crippen molar-refractivity contribution in [3.8, 4) is 0 Å². The SMILES string of the molecule is CN(CCc1ccccn1)C[C@@H]1C[C@H](c2ccc(CO)cc2)O[C@H](c2ccc(NC(=O)c3ccccc3)cc2)O1. The van der Waals surface area contributed by atoms with Crippen molar-refractivity contribution in [2.45, 2.75) is 37.9 Å². The maximum Gasteiger partial charge on any atom is 0.255 e. The fourth-order valence-electron chi connectivity index (χ4n) is 4.84. The minimum absolute atomic E-state index is 0.00832. The van der Waals surface area contributed by atoms with Gasteiger partial charge in [-0.3, -0.25) is 9.78 Å². The van der Waals surface area contributed by atoms with Crippen molar-refractivity contribution in [3.63, 3.8) is 0 Å². The summed E-state index contributed by atoms with van der Waals surface area (Å²) in [5.74, 6) is -0.154. The second-order valence-corrected chi connectivity index (χ2v) is 10.1. The first kappa shape index (κ1) is 27.7. The van der Waals surface area contributed by atoms with Gasteiger partial charge in [-0.1, -0.05) is 60.7 Å². The van der Waals surface area contributed by atoms with E-state index in [1.54, 1.807) is 12.1 Å². The fraction of sp³-hybridized carbons (Fsp3) is 0.273. The first-order chi connectivity index (χ1) is 19.6. The van der Waals surface area contributed by atoms with Crippen LogP contribution >= 0.6 is 0 Å². The highest BCUT2D eigenvalue weighted by molar-refractivity contribution is 6.04. The van der Waals surface area contributed by atoms with Crippen LogP contribution in [0.25, 0.3) is 0 Å². The van der Waals surface area contributed by atoms with Crippen molar-refractivity contribution in [3.05, 3.63) is 131 Å². The molecular weight excluding hydrogens is 502 g/mol. The Labute approximate surface area is 235 Å². The number of ether oxygens (including phenoxy) is 2. The van der Waals surface area contributed by atoms with Gasteiger partial charge in [0.25, 0.3) is 5.91 Å². The largest absolute Gasteiger partial charge is 0.392 e. The highest BCUT2D eigenvalue weighted by atomic mass is 16.7. The molecule has 0 spiro atoms. The van der Waals surface area contributed by atoms with Crippen molar-refractivity contribution >= 4 is 11.6 Å². The summed E-state index contributed by atoms with van der Waals surface area (Å²) in [7, 11) is 2.10. The summed E-state index contributed by atoms with van der Waals surface area (Å²) in [4.78, 5) is 19.3. The lowest BCUT2D eigenvalue weighted by molar-refractivity contribution is -0.252. The number of nitrogens with zero attached hydrogens (tertiary/aromatic N) is 2. The Morgan fingerprint density at radius 3 is 2.35 bits per heavy atom. The molecule has 1 aromatic heterocycles. The van der Waals surface area contributed by atoms with Crippen LogP contribution in [0, 0.1) is 0 Å². The summed E-state index contributed by atoms with van der Waals surface area (Å²) in [5.41, 5.74) is 5.19. The van der Waals surface area contributed by atoms with Crippen molar-refractivity contribution in [2.75, 3.05) is 25.5 Å². The number of carbonyl (C=O) groups is 1. The van der Waals surface area contributed by atoms with E-state index >= 15 is 0 Å². The van der Waals surface area contributed by atoms with Crippen molar-refractivity contribution < 1.29 is 19.4 Å². The van der Waals surface area contributed by atoms with E-state index in [4.69, 9.17) is 9.47 Å². The van der Waals surface area contributed by atoms with Gasteiger partial charge in [0.1, 0.15) is 0 Å². The molecule has 7 heteroatoms. The molecule has 1 fully saturated rings. The molecule has 0 bridgehead atoms.